The molecule has 180 valence electrons. The number of amides is 2. The maximum atomic E-state index is 13.1. The lowest BCUT2D eigenvalue weighted by atomic mass is 10.2. The summed E-state index contributed by atoms with van der Waals surface area (Å²) in [6, 6.07) is 12.7. The normalized spacial score (nSPS) is 11.1. The molecule has 0 saturated carbocycles. The average Bonchev–Trinajstić information content (AvgIpc) is 3.36. The molecule has 4 aromatic rings. The van der Waals surface area contributed by atoms with Gasteiger partial charge in [0.1, 0.15) is 5.75 Å². The highest BCUT2D eigenvalue weighted by atomic mass is 35.5. The van der Waals surface area contributed by atoms with Crippen molar-refractivity contribution in [3.63, 3.8) is 0 Å². The Morgan fingerprint density at radius 1 is 1.06 bits per heavy atom. The van der Waals surface area contributed by atoms with Crippen molar-refractivity contribution in [2.24, 2.45) is 0 Å². The summed E-state index contributed by atoms with van der Waals surface area (Å²) in [5.41, 5.74) is 1.29. The lowest BCUT2D eigenvalue weighted by Crippen LogP contribution is -2.20. The third-order valence-electron chi connectivity index (χ3n) is 4.76. The summed E-state index contributed by atoms with van der Waals surface area (Å²) in [5.74, 6) is 0.651. The Bertz CT molecular complexity index is 1350. The van der Waals surface area contributed by atoms with Crippen LogP contribution in [0.1, 0.15) is 5.56 Å². The Morgan fingerprint density at radius 2 is 1.86 bits per heavy atom. The standard InChI is InChI=1S/C23H18ClF3N6O2/c1-35-20-12-14(30-21-29-10-8-18(32-21)17-3-2-9-28-17)5-7-19(20)33-22(34)31-13-4-6-16(24)15(11-13)23(25,26)27/h2-12,28H,1H3,(H,29,30,32)(H2,31,33,34). The molecule has 0 aliphatic carbocycles. The number of benzene rings is 2. The van der Waals surface area contributed by atoms with Crippen molar-refractivity contribution in [3.8, 4) is 17.1 Å². The van der Waals surface area contributed by atoms with Gasteiger partial charge >= 0.3 is 12.2 Å². The second kappa shape index (κ2) is 9.94. The molecule has 0 radical (unpaired) electrons. The predicted molar refractivity (Wildman–Crippen MR) is 127 cm³/mol. The summed E-state index contributed by atoms with van der Waals surface area (Å²) in [5, 5.41) is 7.50. The number of aromatic amines is 1. The number of carbonyl (C=O) groups excluding carboxylic acids is 1. The summed E-state index contributed by atoms with van der Waals surface area (Å²) in [6.45, 7) is 0. The van der Waals surface area contributed by atoms with E-state index in [-0.39, 0.29) is 5.69 Å². The summed E-state index contributed by atoms with van der Waals surface area (Å²) in [4.78, 5) is 24.1. The molecule has 4 N–H and O–H groups in total. The summed E-state index contributed by atoms with van der Waals surface area (Å²) in [6.07, 6.45) is -1.24. The number of urea groups is 1. The molecule has 0 saturated heterocycles. The van der Waals surface area contributed by atoms with Crippen molar-refractivity contribution in [1.82, 2.24) is 15.0 Å². The van der Waals surface area contributed by atoms with Crippen LogP contribution in [-0.2, 0) is 6.18 Å². The van der Waals surface area contributed by atoms with Gasteiger partial charge in [0.05, 0.1) is 34.8 Å². The number of nitrogens with one attached hydrogen (secondary N) is 4. The number of nitrogens with zero attached hydrogens (tertiary/aromatic N) is 2. The van der Waals surface area contributed by atoms with E-state index < -0.39 is 22.8 Å². The van der Waals surface area contributed by atoms with Crippen LogP contribution in [0.25, 0.3) is 11.4 Å². The third kappa shape index (κ3) is 5.82. The largest absolute Gasteiger partial charge is 0.494 e. The molecule has 2 amide bonds. The van der Waals surface area contributed by atoms with E-state index >= 15 is 0 Å². The second-order valence-corrected chi connectivity index (χ2v) is 7.57. The van der Waals surface area contributed by atoms with Gasteiger partial charge in [-0.1, -0.05) is 11.6 Å². The zero-order valence-electron chi connectivity index (χ0n) is 18.1. The molecular weight excluding hydrogens is 485 g/mol. The number of methoxy groups -OCH3 is 1. The zero-order chi connectivity index (χ0) is 25.0. The van der Waals surface area contributed by atoms with Crippen LogP contribution in [0.4, 0.5) is 41.0 Å². The molecule has 12 heteroatoms. The highest BCUT2D eigenvalue weighted by Crippen LogP contribution is 2.36. The summed E-state index contributed by atoms with van der Waals surface area (Å²) in [7, 11) is 1.42. The molecule has 4 rings (SSSR count). The minimum Gasteiger partial charge on any atom is -0.494 e. The number of anilines is 4. The van der Waals surface area contributed by atoms with Crippen molar-refractivity contribution in [2.75, 3.05) is 23.1 Å². The summed E-state index contributed by atoms with van der Waals surface area (Å²) < 4.78 is 44.5. The van der Waals surface area contributed by atoms with Gasteiger partial charge in [-0.05, 0) is 48.5 Å². The first-order chi connectivity index (χ1) is 16.7. The molecule has 2 aromatic heterocycles. The maximum Gasteiger partial charge on any atom is 0.417 e. The molecule has 0 fully saturated rings. The first-order valence-electron chi connectivity index (χ1n) is 10.1. The molecular formula is C23H18ClF3N6O2. The monoisotopic (exact) mass is 502 g/mol. The Balaban J connectivity index is 1.46. The van der Waals surface area contributed by atoms with Gasteiger partial charge in [0.15, 0.2) is 0 Å². The first-order valence-corrected chi connectivity index (χ1v) is 10.5. The molecule has 0 spiro atoms. The van der Waals surface area contributed by atoms with Crippen molar-refractivity contribution < 1.29 is 22.7 Å². The molecule has 8 nitrogen and oxygen atoms in total. The Hall–Kier alpha value is -4.25. The van der Waals surface area contributed by atoms with Crippen LogP contribution in [0.5, 0.6) is 5.75 Å². The fourth-order valence-corrected chi connectivity index (χ4v) is 3.39. The Kier molecular flexibility index (Phi) is 6.78. The zero-order valence-corrected chi connectivity index (χ0v) is 18.8. The molecule has 2 aromatic carbocycles. The number of alkyl halides is 3. The highest BCUT2D eigenvalue weighted by Gasteiger charge is 2.33. The van der Waals surface area contributed by atoms with Crippen molar-refractivity contribution >= 4 is 40.6 Å². The van der Waals surface area contributed by atoms with Gasteiger partial charge in [-0.15, -0.1) is 0 Å². The van der Waals surface area contributed by atoms with Crippen LogP contribution in [0.15, 0.2) is 67.0 Å². The SMILES string of the molecule is COc1cc(Nc2nccc(-c3ccc[nH]3)n2)ccc1NC(=O)Nc1ccc(Cl)c(C(F)(F)F)c1. The number of halogens is 4. The lowest BCUT2D eigenvalue weighted by Gasteiger charge is -2.14. The van der Waals surface area contributed by atoms with Gasteiger partial charge in [-0.25, -0.2) is 14.8 Å². The fraction of sp³-hybridized carbons (Fsp3) is 0.0870. The Labute approximate surface area is 202 Å². The van der Waals surface area contributed by atoms with Crippen LogP contribution in [0.3, 0.4) is 0 Å². The van der Waals surface area contributed by atoms with E-state index in [9.17, 15) is 18.0 Å². The number of hydrogen-bond acceptors (Lipinski definition) is 5. The van der Waals surface area contributed by atoms with Gasteiger partial charge in [-0.2, -0.15) is 13.2 Å². The minimum absolute atomic E-state index is 0.0735. The molecule has 0 aliphatic rings. The number of hydrogen-bond donors (Lipinski definition) is 4. The van der Waals surface area contributed by atoms with Crippen LogP contribution in [-0.4, -0.2) is 28.1 Å². The number of rotatable bonds is 6. The highest BCUT2D eigenvalue weighted by molar-refractivity contribution is 6.31. The molecule has 0 atom stereocenters. The van der Waals surface area contributed by atoms with E-state index in [1.807, 2.05) is 12.1 Å². The van der Waals surface area contributed by atoms with Crippen LogP contribution in [0.2, 0.25) is 5.02 Å². The van der Waals surface area contributed by atoms with E-state index in [1.54, 1.807) is 36.7 Å². The van der Waals surface area contributed by atoms with E-state index in [1.165, 1.54) is 13.2 Å². The smallest absolute Gasteiger partial charge is 0.417 e. The fourth-order valence-electron chi connectivity index (χ4n) is 3.16. The molecule has 0 unspecified atom stereocenters. The number of ether oxygens (including phenoxy) is 1. The summed E-state index contributed by atoms with van der Waals surface area (Å²) >= 11 is 5.61. The van der Waals surface area contributed by atoms with Gasteiger partial charge < -0.3 is 25.7 Å². The van der Waals surface area contributed by atoms with Gasteiger partial charge in [-0.3, -0.25) is 0 Å². The molecule has 35 heavy (non-hydrogen) atoms. The quantitative estimate of drug-likeness (QED) is 0.240. The van der Waals surface area contributed by atoms with E-state index in [4.69, 9.17) is 16.3 Å². The van der Waals surface area contributed by atoms with E-state index in [0.29, 0.717) is 28.8 Å². The molecule has 2 heterocycles. The second-order valence-electron chi connectivity index (χ2n) is 7.16. The third-order valence-corrected chi connectivity index (χ3v) is 5.09. The molecule has 0 bridgehead atoms. The van der Waals surface area contributed by atoms with Crippen LogP contribution in [0, 0.1) is 0 Å². The topological polar surface area (TPSA) is 104 Å². The van der Waals surface area contributed by atoms with Gasteiger partial charge in [0.2, 0.25) is 5.95 Å². The number of carbonyl (C=O) groups is 1. The molecule has 0 aliphatic heterocycles. The number of aromatic nitrogens is 3. The lowest BCUT2D eigenvalue weighted by molar-refractivity contribution is -0.137. The van der Waals surface area contributed by atoms with E-state index in [0.717, 1.165) is 17.8 Å². The van der Waals surface area contributed by atoms with Gasteiger partial charge in [0, 0.05) is 29.8 Å². The van der Waals surface area contributed by atoms with Crippen LogP contribution < -0.4 is 20.7 Å². The van der Waals surface area contributed by atoms with Crippen molar-refractivity contribution in [3.05, 3.63) is 77.6 Å². The first kappa shape index (κ1) is 23.9. The Morgan fingerprint density at radius 3 is 2.57 bits per heavy atom. The minimum atomic E-state index is -4.65. The number of H-pyrrole nitrogens is 1. The average molecular weight is 503 g/mol. The van der Waals surface area contributed by atoms with Crippen molar-refractivity contribution in [1.29, 1.82) is 0 Å². The van der Waals surface area contributed by atoms with Crippen LogP contribution >= 0.6 is 11.6 Å². The van der Waals surface area contributed by atoms with Gasteiger partial charge in [0.25, 0.3) is 0 Å². The predicted octanol–water partition coefficient (Wildman–Crippen LogP) is 6.54. The van der Waals surface area contributed by atoms with E-state index in [2.05, 4.69) is 30.9 Å². The van der Waals surface area contributed by atoms with Crippen molar-refractivity contribution in [2.45, 2.75) is 6.18 Å². The maximum absolute atomic E-state index is 13.1.